The lowest BCUT2D eigenvalue weighted by Gasteiger charge is -2.10. The largest absolute Gasteiger partial charge is 0.481 e. The SMILES string of the molecule is COc1ncc(Cl)cc1-c1ccc(NC(=O)c2c(F)cccc2F)cc1.Cl. The number of amides is 1. The van der Waals surface area contributed by atoms with Crippen LogP contribution in [0.2, 0.25) is 5.02 Å². The molecule has 0 saturated carbocycles. The van der Waals surface area contributed by atoms with Gasteiger partial charge in [0.1, 0.15) is 17.2 Å². The summed E-state index contributed by atoms with van der Waals surface area (Å²) in [6.45, 7) is 0. The minimum atomic E-state index is -0.922. The lowest BCUT2D eigenvalue weighted by atomic mass is 10.1. The normalized spacial score (nSPS) is 10.1. The molecule has 0 atom stereocenters. The minimum Gasteiger partial charge on any atom is -0.481 e. The number of nitrogens with zero attached hydrogens (tertiary/aromatic N) is 1. The third-order valence-corrected chi connectivity index (χ3v) is 3.86. The van der Waals surface area contributed by atoms with Crippen molar-refractivity contribution in [2.45, 2.75) is 0 Å². The summed E-state index contributed by atoms with van der Waals surface area (Å²) in [5, 5.41) is 2.92. The number of rotatable bonds is 4. The van der Waals surface area contributed by atoms with Gasteiger partial charge in [0.2, 0.25) is 5.88 Å². The summed E-state index contributed by atoms with van der Waals surface area (Å²) in [6.07, 6.45) is 1.47. The molecule has 3 aromatic rings. The summed E-state index contributed by atoms with van der Waals surface area (Å²) in [7, 11) is 1.50. The second kappa shape index (κ2) is 8.79. The maximum absolute atomic E-state index is 13.7. The summed E-state index contributed by atoms with van der Waals surface area (Å²) in [5.74, 6) is -2.31. The van der Waals surface area contributed by atoms with Crippen molar-refractivity contribution in [1.82, 2.24) is 4.98 Å². The van der Waals surface area contributed by atoms with E-state index < -0.39 is 23.1 Å². The number of carbonyl (C=O) groups is 1. The van der Waals surface area contributed by atoms with Crippen LogP contribution in [0.15, 0.2) is 54.7 Å². The fourth-order valence-electron chi connectivity index (χ4n) is 2.44. The Bertz CT molecular complexity index is 946. The van der Waals surface area contributed by atoms with Crippen LogP contribution in [0.4, 0.5) is 14.5 Å². The van der Waals surface area contributed by atoms with Gasteiger partial charge in [-0.2, -0.15) is 0 Å². The van der Waals surface area contributed by atoms with E-state index in [1.165, 1.54) is 19.4 Å². The van der Waals surface area contributed by atoms with Gasteiger partial charge in [0.15, 0.2) is 0 Å². The first-order valence-electron chi connectivity index (χ1n) is 7.55. The fraction of sp³-hybridized carbons (Fsp3) is 0.0526. The Morgan fingerprint density at radius 2 is 1.74 bits per heavy atom. The molecule has 0 fully saturated rings. The van der Waals surface area contributed by atoms with Gasteiger partial charge in [-0.25, -0.2) is 13.8 Å². The zero-order chi connectivity index (χ0) is 18.7. The van der Waals surface area contributed by atoms with E-state index in [4.69, 9.17) is 16.3 Å². The number of methoxy groups -OCH3 is 1. The average molecular weight is 411 g/mol. The number of nitrogens with one attached hydrogen (secondary N) is 1. The molecule has 140 valence electrons. The number of hydrogen-bond donors (Lipinski definition) is 1. The Morgan fingerprint density at radius 1 is 1.11 bits per heavy atom. The molecular weight excluding hydrogens is 397 g/mol. The number of halogens is 4. The van der Waals surface area contributed by atoms with E-state index in [-0.39, 0.29) is 12.4 Å². The highest BCUT2D eigenvalue weighted by atomic mass is 35.5. The molecule has 0 aliphatic heterocycles. The molecule has 1 aromatic heterocycles. The Morgan fingerprint density at radius 3 is 2.33 bits per heavy atom. The zero-order valence-corrected chi connectivity index (χ0v) is 15.6. The molecule has 27 heavy (non-hydrogen) atoms. The van der Waals surface area contributed by atoms with Gasteiger partial charge >= 0.3 is 0 Å². The highest BCUT2D eigenvalue weighted by molar-refractivity contribution is 6.30. The number of pyridine rings is 1. The number of anilines is 1. The summed E-state index contributed by atoms with van der Waals surface area (Å²) in [6, 6.07) is 11.6. The van der Waals surface area contributed by atoms with Crippen molar-refractivity contribution in [2.24, 2.45) is 0 Å². The molecule has 1 heterocycles. The average Bonchev–Trinajstić information content (AvgIpc) is 2.62. The predicted molar refractivity (Wildman–Crippen MR) is 103 cm³/mol. The molecule has 0 spiro atoms. The van der Waals surface area contributed by atoms with Gasteiger partial charge < -0.3 is 10.1 Å². The Hall–Kier alpha value is -2.70. The monoisotopic (exact) mass is 410 g/mol. The molecule has 2 aromatic carbocycles. The molecule has 0 radical (unpaired) electrons. The van der Waals surface area contributed by atoms with Crippen molar-refractivity contribution in [1.29, 1.82) is 0 Å². The molecular formula is C19H14Cl2F2N2O2. The van der Waals surface area contributed by atoms with Crippen LogP contribution in [0.25, 0.3) is 11.1 Å². The second-order valence-electron chi connectivity index (χ2n) is 5.34. The van der Waals surface area contributed by atoms with Crippen LogP contribution in [-0.2, 0) is 0 Å². The van der Waals surface area contributed by atoms with E-state index in [0.717, 1.165) is 17.7 Å². The van der Waals surface area contributed by atoms with E-state index >= 15 is 0 Å². The van der Waals surface area contributed by atoms with Crippen LogP contribution in [0.5, 0.6) is 5.88 Å². The lowest BCUT2D eigenvalue weighted by molar-refractivity contribution is 0.101. The van der Waals surface area contributed by atoms with E-state index in [1.807, 2.05) is 0 Å². The Kier molecular flexibility index (Phi) is 6.71. The highest BCUT2D eigenvalue weighted by Gasteiger charge is 2.17. The summed E-state index contributed by atoms with van der Waals surface area (Å²) in [4.78, 5) is 16.2. The van der Waals surface area contributed by atoms with Gasteiger partial charge in [0, 0.05) is 17.4 Å². The molecule has 1 amide bonds. The standard InChI is InChI=1S/C19H13ClF2N2O2.ClH/c1-26-19-14(9-12(20)10-23-19)11-5-7-13(8-6-11)24-18(25)17-15(21)3-2-4-16(17)22;/h2-10H,1H3,(H,24,25);1H. The number of aromatic nitrogens is 1. The molecule has 0 aliphatic carbocycles. The van der Waals surface area contributed by atoms with Gasteiger partial charge in [-0.3, -0.25) is 4.79 Å². The molecule has 1 N–H and O–H groups in total. The first-order valence-corrected chi connectivity index (χ1v) is 7.92. The summed E-state index contributed by atoms with van der Waals surface area (Å²) >= 11 is 5.98. The molecule has 0 saturated heterocycles. The lowest BCUT2D eigenvalue weighted by Crippen LogP contribution is -2.15. The van der Waals surface area contributed by atoms with Crippen LogP contribution in [0.1, 0.15) is 10.4 Å². The number of ether oxygens (including phenoxy) is 1. The third kappa shape index (κ3) is 4.53. The third-order valence-electron chi connectivity index (χ3n) is 3.65. The minimum absolute atomic E-state index is 0. The molecule has 8 heteroatoms. The van der Waals surface area contributed by atoms with Crippen LogP contribution in [0, 0.1) is 11.6 Å². The summed E-state index contributed by atoms with van der Waals surface area (Å²) < 4.78 is 32.6. The van der Waals surface area contributed by atoms with Gasteiger partial charge in [0.25, 0.3) is 5.91 Å². The Balaban J connectivity index is 0.00000261. The van der Waals surface area contributed by atoms with Crippen LogP contribution >= 0.6 is 24.0 Å². The van der Waals surface area contributed by atoms with Crippen molar-refractivity contribution in [3.63, 3.8) is 0 Å². The van der Waals surface area contributed by atoms with E-state index in [9.17, 15) is 13.6 Å². The van der Waals surface area contributed by atoms with E-state index in [0.29, 0.717) is 22.2 Å². The van der Waals surface area contributed by atoms with E-state index in [1.54, 1.807) is 30.3 Å². The van der Waals surface area contributed by atoms with Crippen LogP contribution < -0.4 is 10.1 Å². The number of carbonyl (C=O) groups excluding carboxylic acids is 1. The first-order chi connectivity index (χ1) is 12.5. The topological polar surface area (TPSA) is 51.2 Å². The smallest absolute Gasteiger partial charge is 0.261 e. The van der Waals surface area contributed by atoms with Crippen molar-refractivity contribution in [2.75, 3.05) is 12.4 Å². The van der Waals surface area contributed by atoms with Crippen molar-refractivity contribution in [3.05, 3.63) is 76.9 Å². The van der Waals surface area contributed by atoms with Crippen LogP contribution in [0.3, 0.4) is 0 Å². The summed E-state index contributed by atoms with van der Waals surface area (Å²) in [5.41, 5.74) is 1.19. The fourth-order valence-corrected chi connectivity index (χ4v) is 2.60. The molecule has 0 aliphatic rings. The van der Waals surface area contributed by atoms with Gasteiger partial charge in [-0.05, 0) is 35.9 Å². The van der Waals surface area contributed by atoms with Gasteiger partial charge in [-0.15, -0.1) is 12.4 Å². The molecule has 3 rings (SSSR count). The second-order valence-corrected chi connectivity index (χ2v) is 5.77. The zero-order valence-electron chi connectivity index (χ0n) is 14.0. The molecule has 4 nitrogen and oxygen atoms in total. The van der Waals surface area contributed by atoms with Crippen molar-refractivity contribution < 1.29 is 18.3 Å². The van der Waals surface area contributed by atoms with Crippen LogP contribution in [-0.4, -0.2) is 18.0 Å². The maximum Gasteiger partial charge on any atom is 0.261 e. The molecule has 0 unspecified atom stereocenters. The highest BCUT2D eigenvalue weighted by Crippen LogP contribution is 2.31. The van der Waals surface area contributed by atoms with E-state index in [2.05, 4.69) is 10.3 Å². The number of hydrogen-bond acceptors (Lipinski definition) is 3. The number of benzene rings is 2. The quantitative estimate of drug-likeness (QED) is 0.629. The van der Waals surface area contributed by atoms with Crippen molar-refractivity contribution in [3.8, 4) is 17.0 Å². The first kappa shape index (κ1) is 20.6. The van der Waals surface area contributed by atoms with Gasteiger partial charge in [-0.1, -0.05) is 29.8 Å². The van der Waals surface area contributed by atoms with Gasteiger partial charge in [0.05, 0.1) is 12.1 Å². The Labute approximate surface area is 165 Å². The van der Waals surface area contributed by atoms with Crippen molar-refractivity contribution >= 4 is 35.6 Å². The molecule has 0 bridgehead atoms. The predicted octanol–water partition coefficient (Wildman–Crippen LogP) is 5.36. The maximum atomic E-state index is 13.7.